The molecule has 0 saturated carbocycles. The largest absolute Gasteiger partial charge is 0.394 e. The number of benzene rings is 1. The zero-order valence-corrected chi connectivity index (χ0v) is 13.9. The number of hydroxylamine groups is 1. The zero-order valence-electron chi connectivity index (χ0n) is 11.5. The first-order chi connectivity index (χ1) is 11.0. The number of amidine groups is 1. The van der Waals surface area contributed by atoms with Gasteiger partial charge in [-0.1, -0.05) is 11.8 Å². The molecule has 0 bridgehead atoms. The number of aromatic nitrogens is 2. The molecule has 0 fully saturated rings. The number of aliphatic hydroxyl groups is 2. The molecule has 1 aromatic carbocycles. The highest BCUT2D eigenvalue weighted by atomic mass is 79.9. The van der Waals surface area contributed by atoms with Crippen LogP contribution in [0.4, 0.5) is 10.1 Å². The quantitative estimate of drug-likeness (QED) is 0.246. The summed E-state index contributed by atoms with van der Waals surface area (Å²) in [6, 6.07) is 4.04. The van der Waals surface area contributed by atoms with Crippen molar-refractivity contribution in [2.75, 3.05) is 12.4 Å². The van der Waals surface area contributed by atoms with Crippen molar-refractivity contribution in [1.82, 2.24) is 15.8 Å². The van der Waals surface area contributed by atoms with Crippen molar-refractivity contribution in [3.63, 3.8) is 0 Å². The van der Waals surface area contributed by atoms with Gasteiger partial charge in [0, 0.05) is 5.75 Å². The minimum atomic E-state index is -0.930. The summed E-state index contributed by atoms with van der Waals surface area (Å²) >= 11 is 4.11. The summed E-state index contributed by atoms with van der Waals surface area (Å²) in [6.07, 6.45) is -0.930. The van der Waals surface area contributed by atoms with E-state index in [2.05, 4.69) is 35.9 Å². The Labute approximate surface area is 142 Å². The van der Waals surface area contributed by atoms with E-state index in [-0.39, 0.29) is 26.8 Å². The van der Waals surface area contributed by atoms with Gasteiger partial charge in [-0.3, -0.25) is 10.7 Å². The molecule has 0 aliphatic carbocycles. The minimum absolute atomic E-state index is 0.0641. The molecule has 0 spiro atoms. The monoisotopic (exact) mass is 406 g/mol. The third-order valence-corrected chi connectivity index (χ3v) is 4.26. The first-order valence-electron chi connectivity index (χ1n) is 6.23. The number of hydrogen-bond acceptors (Lipinski definition) is 8. The van der Waals surface area contributed by atoms with Crippen LogP contribution in [0.1, 0.15) is 5.69 Å². The van der Waals surface area contributed by atoms with Crippen molar-refractivity contribution in [3.8, 4) is 0 Å². The van der Waals surface area contributed by atoms with Crippen LogP contribution in [-0.4, -0.2) is 50.0 Å². The van der Waals surface area contributed by atoms with Crippen molar-refractivity contribution in [2.24, 2.45) is 4.99 Å². The highest BCUT2D eigenvalue weighted by Gasteiger charge is 2.18. The van der Waals surface area contributed by atoms with Crippen LogP contribution in [0, 0.1) is 5.82 Å². The molecule has 8 nitrogen and oxygen atoms in total. The lowest BCUT2D eigenvalue weighted by atomic mass is 10.3. The molecule has 124 valence electrons. The molecule has 23 heavy (non-hydrogen) atoms. The number of aliphatic imine (C=N–C) groups is 1. The molecule has 1 heterocycles. The molecule has 0 radical (unpaired) electrons. The lowest BCUT2D eigenvalue weighted by molar-refractivity contribution is 0.113. The van der Waals surface area contributed by atoms with Gasteiger partial charge < -0.3 is 10.2 Å². The molecule has 1 aromatic heterocycles. The number of thioether (sulfide) groups is 1. The Hall–Kier alpha value is -1.53. The lowest BCUT2D eigenvalue weighted by Crippen LogP contribution is -2.21. The summed E-state index contributed by atoms with van der Waals surface area (Å²) in [5.41, 5.74) is 2.35. The number of halogens is 2. The highest BCUT2D eigenvalue weighted by molar-refractivity contribution is 9.10. The van der Waals surface area contributed by atoms with Crippen LogP contribution >= 0.6 is 27.7 Å². The number of hydrogen-bond donors (Lipinski definition) is 4. The maximum atomic E-state index is 13.2. The van der Waals surface area contributed by atoms with Crippen LogP contribution < -0.4 is 5.48 Å². The van der Waals surface area contributed by atoms with Crippen LogP contribution in [0.15, 0.2) is 37.3 Å². The molecule has 0 unspecified atom stereocenters. The van der Waals surface area contributed by atoms with Gasteiger partial charge in [-0.2, -0.15) is 0 Å². The molecule has 2 rings (SSSR count). The fraction of sp³-hybridized carbons (Fsp3) is 0.250. The summed E-state index contributed by atoms with van der Waals surface area (Å²) in [6.45, 7) is -0.392. The number of nitrogens with zero attached hydrogens (tertiary/aromatic N) is 3. The molecule has 4 N–H and O–H groups in total. The SMILES string of the molecule is OC[C@H](O)CSc1nonc1C(=Nc1ccc(F)c(Br)c1)NO. The predicted molar refractivity (Wildman–Crippen MR) is 83.3 cm³/mol. The molecule has 0 amide bonds. The Morgan fingerprint density at radius 3 is 2.91 bits per heavy atom. The van der Waals surface area contributed by atoms with Crippen LogP contribution in [-0.2, 0) is 0 Å². The normalized spacial score (nSPS) is 13.2. The van der Waals surface area contributed by atoms with E-state index in [1.54, 1.807) is 0 Å². The Bertz CT molecular complexity index is 699. The summed E-state index contributed by atoms with van der Waals surface area (Å²) in [5, 5.41) is 35.0. The van der Waals surface area contributed by atoms with Gasteiger partial charge in [-0.05, 0) is 44.4 Å². The van der Waals surface area contributed by atoms with Crippen molar-refractivity contribution in [2.45, 2.75) is 11.1 Å². The average Bonchev–Trinajstić information content (AvgIpc) is 3.01. The Morgan fingerprint density at radius 1 is 1.48 bits per heavy atom. The van der Waals surface area contributed by atoms with E-state index in [9.17, 15) is 14.7 Å². The second-order valence-corrected chi connectivity index (χ2v) is 6.10. The maximum Gasteiger partial charge on any atom is 0.186 e. The molecule has 0 aliphatic heterocycles. The van der Waals surface area contributed by atoms with E-state index < -0.39 is 18.5 Å². The first kappa shape index (κ1) is 17.8. The standard InChI is InChI=1S/C12H12BrFN4O4S/c13-8-3-6(1-2-9(8)14)15-11(16-21)10-12(18-22-17-10)23-5-7(20)4-19/h1-3,7,19-21H,4-5H2,(H,15,16)/t7-/m0/s1. The summed E-state index contributed by atoms with van der Waals surface area (Å²) in [4.78, 5) is 4.10. The molecule has 2 aromatic rings. The molecular weight excluding hydrogens is 395 g/mol. The van der Waals surface area contributed by atoms with Gasteiger partial charge in [0.25, 0.3) is 0 Å². The fourth-order valence-electron chi connectivity index (χ4n) is 1.46. The van der Waals surface area contributed by atoms with Gasteiger partial charge in [0.1, 0.15) is 5.82 Å². The molecular formula is C12H12BrFN4O4S. The first-order valence-corrected chi connectivity index (χ1v) is 8.01. The van der Waals surface area contributed by atoms with Crippen molar-refractivity contribution >= 4 is 39.2 Å². The van der Waals surface area contributed by atoms with Gasteiger partial charge >= 0.3 is 0 Å². The number of nitrogens with one attached hydrogen (secondary N) is 1. The zero-order chi connectivity index (χ0) is 16.8. The van der Waals surface area contributed by atoms with Gasteiger partial charge in [0.2, 0.25) is 0 Å². The van der Waals surface area contributed by atoms with E-state index in [1.807, 2.05) is 5.48 Å². The van der Waals surface area contributed by atoms with Crippen LogP contribution in [0.2, 0.25) is 0 Å². The summed E-state index contributed by atoms with van der Waals surface area (Å²) < 4.78 is 18.0. The number of rotatable bonds is 6. The minimum Gasteiger partial charge on any atom is -0.394 e. The molecule has 0 saturated heterocycles. The average molecular weight is 407 g/mol. The smallest absolute Gasteiger partial charge is 0.186 e. The molecule has 11 heteroatoms. The lowest BCUT2D eigenvalue weighted by Gasteiger charge is -2.06. The van der Waals surface area contributed by atoms with E-state index in [0.29, 0.717) is 5.69 Å². The Kier molecular flexibility index (Phi) is 6.47. The second kappa shape index (κ2) is 8.36. The third-order valence-electron chi connectivity index (χ3n) is 2.56. The van der Waals surface area contributed by atoms with Crippen molar-refractivity contribution in [1.29, 1.82) is 0 Å². The topological polar surface area (TPSA) is 124 Å². The second-order valence-electron chi connectivity index (χ2n) is 4.24. The third kappa shape index (κ3) is 4.72. The van der Waals surface area contributed by atoms with Crippen LogP contribution in [0.3, 0.4) is 0 Å². The van der Waals surface area contributed by atoms with Crippen LogP contribution in [0.5, 0.6) is 0 Å². The molecule has 0 aliphatic rings. The van der Waals surface area contributed by atoms with E-state index in [4.69, 9.17) is 5.11 Å². The van der Waals surface area contributed by atoms with Gasteiger partial charge in [0.15, 0.2) is 16.6 Å². The highest BCUT2D eigenvalue weighted by Crippen LogP contribution is 2.24. The van der Waals surface area contributed by atoms with E-state index in [0.717, 1.165) is 11.8 Å². The van der Waals surface area contributed by atoms with Gasteiger partial charge in [-0.25, -0.2) is 14.0 Å². The number of aliphatic hydroxyl groups excluding tert-OH is 2. The van der Waals surface area contributed by atoms with Crippen molar-refractivity contribution in [3.05, 3.63) is 34.2 Å². The van der Waals surface area contributed by atoms with E-state index >= 15 is 0 Å². The van der Waals surface area contributed by atoms with Gasteiger partial charge in [0.05, 0.1) is 22.9 Å². The van der Waals surface area contributed by atoms with Crippen molar-refractivity contribution < 1.29 is 24.4 Å². The Morgan fingerprint density at radius 2 is 2.26 bits per heavy atom. The van der Waals surface area contributed by atoms with Crippen LogP contribution in [0.25, 0.3) is 0 Å². The fourth-order valence-corrected chi connectivity index (χ4v) is 2.64. The van der Waals surface area contributed by atoms with E-state index in [1.165, 1.54) is 18.2 Å². The summed E-state index contributed by atoms with van der Waals surface area (Å²) in [7, 11) is 0. The summed E-state index contributed by atoms with van der Waals surface area (Å²) in [5.74, 6) is -0.357. The Balaban J connectivity index is 2.25. The molecule has 1 atom stereocenters. The predicted octanol–water partition coefficient (Wildman–Crippen LogP) is 1.47. The maximum absolute atomic E-state index is 13.2. The van der Waals surface area contributed by atoms with Gasteiger partial charge in [-0.15, -0.1) is 0 Å².